The Labute approximate surface area is 189 Å². The SMILES string of the molecule is O=C(CSc1nc2c(oc3ccccc32)c(=O)n1-c1ccc(F)cc1)Nc1ccc(F)cc1. The average molecular weight is 463 g/mol. The molecule has 9 heteroatoms. The van der Waals surface area contributed by atoms with Gasteiger partial charge in [-0.1, -0.05) is 23.9 Å². The van der Waals surface area contributed by atoms with Crippen molar-refractivity contribution in [2.45, 2.75) is 5.16 Å². The Morgan fingerprint density at radius 3 is 2.36 bits per heavy atom. The van der Waals surface area contributed by atoms with Crippen LogP contribution >= 0.6 is 11.8 Å². The highest BCUT2D eigenvalue weighted by Gasteiger charge is 2.19. The largest absolute Gasteiger partial charge is 0.448 e. The Morgan fingerprint density at radius 1 is 0.970 bits per heavy atom. The van der Waals surface area contributed by atoms with E-state index in [0.717, 1.165) is 11.8 Å². The molecule has 5 rings (SSSR count). The van der Waals surface area contributed by atoms with Gasteiger partial charge in [-0.25, -0.2) is 13.8 Å². The molecular formula is C24H15F2N3O3S. The molecule has 0 aliphatic heterocycles. The van der Waals surface area contributed by atoms with Crippen LogP contribution in [0.2, 0.25) is 0 Å². The van der Waals surface area contributed by atoms with Gasteiger partial charge in [0, 0.05) is 11.1 Å². The van der Waals surface area contributed by atoms with Crippen molar-refractivity contribution < 1.29 is 18.0 Å². The molecule has 0 aliphatic carbocycles. The van der Waals surface area contributed by atoms with Crippen molar-refractivity contribution in [3.63, 3.8) is 0 Å². The van der Waals surface area contributed by atoms with E-state index in [1.54, 1.807) is 18.2 Å². The minimum Gasteiger partial charge on any atom is -0.448 e. The summed E-state index contributed by atoms with van der Waals surface area (Å²) >= 11 is 1.05. The lowest BCUT2D eigenvalue weighted by Crippen LogP contribution is -2.22. The number of aromatic nitrogens is 2. The number of amides is 1. The summed E-state index contributed by atoms with van der Waals surface area (Å²) in [5.74, 6) is -1.27. The fraction of sp³-hybridized carbons (Fsp3) is 0.0417. The van der Waals surface area contributed by atoms with Gasteiger partial charge in [0.25, 0.3) is 0 Å². The number of carbonyl (C=O) groups excluding carboxylic acids is 1. The van der Waals surface area contributed by atoms with Crippen molar-refractivity contribution in [3.8, 4) is 5.69 Å². The summed E-state index contributed by atoms with van der Waals surface area (Å²) in [6.07, 6.45) is 0. The summed E-state index contributed by atoms with van der Waals surface area (Å²) in [5, 5.41) is 3.60. The van der Waals surface area contributed by atoms with Crippen LogP contribution in [0.3, 0.4) is 0 Å². The van der Waals surface area contributed by atoms with Gasteiger partial charge in [-0.05, 0) is 60.7 Å². The molecule has 0 atom stereocenters. The zero-order chi connectivity index (χ0) is 22.9. The zero-order valence-corrected chi connectivity index (χ0v) is 17.7. The third-order valence-corrected chi connectivity index (χ3v) is 5.85. The first kappa shape index (κ1) is 20.9. The van der Waals surface area contributed by atoms with Crippen LogP contribution < -0.4 is 10.9 Å². The first-order valence-corrected chi connectivity index (χ1v) is 10.9. The Balaban J connectivity index is 1.55. The number of carbonyl (C=O) groups is 1. The summed E-state index contributed by atoms with van der Waals surface area (Å²) in [6, 6.07) is 17.9. The lowest BCUT2D eigenvalue weighted by Gasteiger charge is -2.12. The predicted octanol–water partition coefficient (Wildman–Crippen LogP) is 5.14. The smallest absolute Gasteiger partial charge is 0.302 e. The van der Waals surface area contributed by atoms with E-state index in [-0.39, 0.29) is 22.4 Å². The van der Waals surface area contributed by atoms with Gasteiger partial charge in [0.05, 0.1) is 11.4 Å². The van der Waals surface area contributed by atoms with Crippen molar-refractivity contribution in [3.05, 3.63) is 94.8 Å². The van der Waals surface area contributed by atoms with Gasteiger partial charge < -0.3 is 9.73 Å². The fourth-order valence-electron chi connectivity index (χ4n) is 3.40. The molecule has 6 nitrogen and oxygen atoms in total. The monoisotopic (exact) mass is 463 g/mol. The Morgan fingerprint density at radius 2 is 1.64 bits per heavy atom. The maximum absolute atomic E-state index is 13.5. The van der Waals surface area contributed by atoms with Crippen molar-refractivity contribution in [2.24, 2.45) is 0 Å². The molecule has 33 heavy (non-hydrogen) atoms. The molecule has 164 valence electrons. The highest BCUT2D eigenvalue weighted by atomic mass is 32.2. The zero-order valence-electron chi connectivity index (χ0n) is 16.9. The second-order valence-electron chi connectivity index (χ2n) is 7.13. The van der Waals surface area contributed by atoms with E-state index in [1.165, 1.54) is 53.1 Å². The third kappa shape index (κ3) is 4.10. The molecule has 0 aliphatic rings. The summed E-state index contributed by atoms with van der Waals surface area (Å²) < 4.78 is 33.6. The van der Waals surface area contributed by atoms with Crippen LogP contribution in [0.1, 0.15) is 0 Å². The van der Waals surface area contributed by atoms with Crippen LogP contribution in [0.15, 0.2) is 87.2 Å². The Bertz CT molecular complexity index is 1540. The number of hydrogen-bond acceptors (Lipinski definition) is 5. The summed E-state index contributed by atoms with van der Waals surface area (Å²) in [5.41, 5.74) is 1.33. The lowest BCUT2D eigenvalue weighted by atomic mass is 10.2. The molecule has 0 spiro atoms. The van der Waals surface area contributed by atoms with E-state index in [0.29, 0.717) is 27.9 Å². The number of rotatable bonds is 5. The molecule has 0 bridgehead atoms. The van der Waals surface area contributed by atoms with E-state index in [2.05, 4.69) is 10.3 Å². The number of para-hydroxylation sites is 1. The Hall–Kier alpha value is -3.98. The van der Waals surface area contributed by atoms with Gasteiger partial charge in [0.15, 0.2) is 5.16 Å². The van der Waals surface area contributed by atoms with Crippen molar-refractivity contribution >= 4 is 45.4 Å². The van der Waals surface area contributed by atoms with Gasteiger partial charge in [0.2, 0.25) is 11.5 Å². The molecule has 0 saturated heterocycles. The summed E-state index contributed by atoms with van der Waals surface area (Å²) in [6.45, 7) is 0. The molecule has 2 aromatic heterocycles. The number of furan rings is 1. The van der Waals surface area contributed by atoms with Gasteiger partial charge in [-0.15, -0.1) is 0 Å². The number of fused-ring (bicyclic) bond motifs is 3. The minimum absolute atomic E-state index is 0.0632. The van der Waals surface area contributed by atoms with Crippen LogP contribution in [-0.4, -0.2) is 21.2 Å². The highest BCUT2D eigenvalue weighted by molar-refractivity contribution is 7.99. The van der Waals surface area contributed by atoms with Crippen LogP contribution in [0.25, 0.3) is 27.8 Å². The number of nitrogens with zero attached hydrogens (tertiary/aromatic N) is 2. The van der Waals surface area contributed by atoms with E-state index >= 15 is 0 Å². The third-order valence-electron chi connectivity index (χ3n) is 4.91. The first-order chi connectivity index (χ1) is 16.0. The normalized spacial score (nSPS) is 11.2. The van der Waals surface area contributed by atoms with Crippen LogP contribution in [0.4, 0.5) is 14.5 Å². The number of thioether (sulfide) groups is 1. The van der Waals surface area contributed by atoms with Gasteiger partial charge in [-0.2, -0.15) is 0 Å². The lowest BCUT2D eigenvalue weighted by molar-refractivity contribution is -0.113. The van der Waals surface area contributed by atoms with Gasteiger partial charge >= 0.3 is 5.56 Å². The second kappa shape index (κ2) is 8.51. The quantitative estimate of drug-likeness (QED) is 0.289. The molecule has 1 N–H and O–H groups in total. The number of anilines is 1. The molecule has 2 heterocycles. The summed E-state index contributed by atoms with van der Waals surface area (Å²) in [4.78, 5) is 30.4. The number of nitrogens with one attached hydrogen (secondary N) is 1. The molecule has 0 fully saturated rings. The van der Waals surface area contributed by atoms with Crippen molar-refractivity contribution in [1.29, 1.82) is 0 Å². The molecular weight excluding hydrogens is 448 g/mol. The number of hydrogen-bond donors (Lipinski definition) is 1. The first-order valence-electron chi connectivity index (χ1n) is 9.88. The molecule has 0 saturated carbocycles. The maximum atomic E-state index is 13.5. The van der Waals surface area contributed by atoms with E-state index in [1.807, 2.05) is 6.07 Å². The summed E-state index contributed by atoms with van der Waals surface area (Å²) in [7, 11) is 0. The van der Waals surface area contributed by atoms with E-state index in [4.69, 9.17) is 4.42 Å². The van der Waals surface area contributed by atoms with Crippen molar-refractivity contribution in [2.75, 3.05) is 11.1 Å². The van der Waals surface area contributed by atoms with Crippen molar-refractivity contribution in [1.82, 2.24) is 9.55 Å². The van der Waals surface area contributed by atoms with E-state index < -0.39 is 17.2 Å². The van der Waals surface area contributed by atoms with Crippen LogP contribution in [0, 0.1) is 11.6 Å². The molecule has 5 aromatic rings. The van der Waals surface area contributed by atoms with Gasteiger partial charge in [0.1, 0.15) is 22.7 Å². The molecule has 0 radical (unpaired) electrons. The number of halogens is 2. The standard InChI is InChI=1S/C24H15F2N3O3S/c25-14-5-9-16(10-6-14)27-20(30)13-33-24-28-21-18-3-1-2-4-19(18)32-22(21)23(31)29(24)17-11-7-15(26)8-12-17/h1-12H,13H2,(H,27,30). The predicted molar refractivity (Wildman–Crippen MR) is 123 cm³/mol. The second-order valence-corrected chi connectivity index (χ2v) is 8.07. The highest BCUT2D eigenvalue weighted by Crippen LogP contribution is 2.28. The Kier molecular flexibility index (Phi) is 5.39. The molecule has 0 unspecified atom stereocenters. The molecule has 3 aromatic carbocycles. The van der Waals surface area contributed by atoms with Crippen LogP contribution in [-0.2, 0) is 4.79 Å². The topological polar surface area (TPSA) is 77.1 Å². The average Bonchev–Trinajstić information content (AvgIpc) is 3.19. The van der Waals surface area contributed by atoms with E-state index in [9.17, 15) is 18.4 Å². The minimum atomic E-state index is -0.468. The molecule has 1 amide bonds. The van der Waals surface area contributed by atoms with Crippen LogP contribution in [0.5, 0.6) is 0 Å². The maximum Gasteiger partial charge on any atom is 0.302 e. The van der Waals surface area contributed by atoms with Gasteiger partial charge in [-0.3, -0.25) is 14.2 Å². The fourth-order valence-corrected chi connectivity index (χ4v) is 4.20. The number of benzene rings is 3.